The Kier molecular flexibility index (Phi) is 7.82. The lowest BCUT2D eigenvalue weighted by molar-refractivity contribution is -0.118. The number of carbonyl (C=O) groups excluding carboxylic acids is 1. The van der Waals surface area contributed by atoms with Crippen LogP contribution in [0.4, 0.5) is 0 Å². The monoisotopic (exact) mass is 456 g/mol. The van der Waals surface area contributed by atoms with E-state index in [-0.39, 0.29) is 24.8 Å². The molecule has 9 heteroatoms. The third-order valence-corrected chi connectivity index (χ3v) is 5.60. The lowest BCUT2D eigenvalue weighted by Gasteiger charge is -2.12. The van der Waals surface area contributed by atoms with Crippen LogP contribution in [-0.2, 0) is 11.4 Å². The summed E-state index contributed by atoms with van der Waals surface area (Å²) in [6.45, 7) is 2.28. The summed E-state index contributed by atoms with van der Waals surface area (Å²) in [4.78, 5) is 12.0. The molecular weight excluding hydrogens is 436 g/mol. The van der Waals surface area contributed by atoms with Crippen molar-refractivity contribution < 1.29 is 14.3 Å². The number of halogens is 1. The Balaban J connectivity index is 1.83. The number of nitrogens with zero attached hydrogens (tertiary/aromatic N) is 3. The standard InChI is InChI=1S/C22H21ClN4O3S/c1-4-11-24-21(28)14-31-22-26-25-20(13-30-18-9-7-17(29-3)8-10-18)27(22)16-6-5-15(2)19(23)12-16/h1,5-10,12H,11,13-14H2,2-3H3,(H,24,28). The molecule has 0 aliphatic heterocycles. The van der Waals surface area contributed by atoms with Gasteiger partial charge in [-0.2, -0.15) is 0 Å². The second-order valence-electron chi connectivity index (χ2n) is 6.40. The summed E-state index contributed by atoms with van der Waals surface area (Å²) in [5.74, 6) is 4.32. The molecule has 0 bridgehead atoms. The molecule has 1 N–H and O–H groups in total. The second kappa shape index (κ2) is 10.8. The van der Waals surface area contributed by atoms with Crippen molar-refractivity contribution in [3.63, 3.8) is 0 Å². The van der Waals surface area contributed by atoms with Crippen LogP contribution in [0.25, 0.3) is 5.69 Å². The highest BCUT2D eigenvalue weighted by atomic mass is 35.5. The first-order valence-corrected chi connectivity index (χ1v) is 10.7. The molecule has 0 aliphatic rings. The minimum Gasteiger partial charge on any atom is -0.497 e. The molecule has 0 atom stereocenters. The molecule has 0 unspecified atom stereocenters. The van der Waals surface area contributed by atoms with E-state index in [9.17, 15) is 4.79 Å². The lowest BCUT2D eigenvalue weighted by Crippen LogP contribution is -2.25. The van der Waals surface area contributed by atoms with Gasteiger partial charge in [-0.1, -0.05) is 35.3 Å². The van der Waals surface area contributed by atoms with Gasteiger partial charge in [0.2, 0.25) is 5.91 Å². The summed E-state index contributed by atoms with van der Waals surface area (Å²) in [7, 11) is 1.61. The van der Waals surface area contributed by atoms with Crippen molar-refractivity contribution >= 4 is 29.3 Å². The van der Waals surface area contributed by atoms with Gasteiger partial charge in [0.05, 0.1) is 25.1 Å². The summed E-state index contributed by atoms with van der Waals surface area (Å²) in [6.07, 6.45) is 5.18. The number of rotatable bonds is 9. The number of aromatic nitrogens is 3. The van der Waals surface area contributed by atoms with Crippen molar-refractivity contribution in [2.45, 2.75) is 18.7 Å². The Morgan fingerprint density at radius 3 is 2.65 bits per heavy atom. The van der Waals surface area contributed by atoms with Crippen LogP contribution in [0.5, 0.6) is 11.5 Å². The van der Waals surface area contributed by atoms with Gasteiger partial charge in [0, 0.05) is 5.02 Å². The molecular formula is C22H21ClN4O3S. The maximum atomic E-state index is 12.0. The highest BCUT2D eigenvalue weighted by molar-refractivity contribution is 7.99. The molecule has 0 saturated heterocycles. The van der Waals surface area contributed by atoms with Crippen LogP contribution in [0.15, 0.2) is 47.6 Å². The van der Waals surface area contributed by atoms with Crippen LogP contribution in [0.2, 0.25) is 5.02 Å². The van der Waals surface area contributed by atoms with Crippen LogP contribution in [-0.4, -0.2) is 40.1 Å². The van der Waals surface area contributed by atoms with E-state index in [2.05, 4.69) is 21.4 Å². The van der Waals surface area contributed by atoms with E-state index >= 15 is 0 Å². The van der Waals surface area contributed by atoms with Crippen LogP contribution in [0.3, 0.4) is 0 Å². The first kappa shape index (κ1) is 22.5. The Bertz CT molecular complexity index is 1090. The van der Waals surface area contributed by atoms with Crippen molar-refractivity contribution in [2.24, 2.45) is 0 Å². The number of hydrogen-bond acceptors (Lipinski definition) is 6. The number of ether oxygens (including phenoxy) is 2. The zero-order chi connectivity index (χ0) is 22.2. The van der Waals surface area contributed by atoms with Crippen molar-refractivity contribution in [3.05, 3.63) is 58.9 Å². The molecule has 2 aromatic carbocycles. The second-order valence-corrected chi connectivity index (χ2v) is 7.75. The van der Waals surface area contributed by atoms with Gasteiger partial charge in [-0.3, -0.25) is 9.36 Å². The van der Waals surface area contributed by atoms with E-state index < -0.39 is 0 Å². The molecule has 0 aliphatic carbocycles. The van der Waals surface area contributed by atoms with E-state index in [0.29, 0.717) is 21.8 Å². The Labute approximate surface area is 190 Å². The Morgan fingerprint density at radius 2 is 1.97 bits per heavy atom. The molecule has 160 valence electrons. The summed E-state index contributed by atoms with van der Waals surface area (Å²) in [6, 6.07) is 12.9. The molecule has 3 aromatic rings. The topological polar surface area (TPSA) is 78.3 Å². The van der Waals surface area contributed by atoms with Crippen LogP contribution in [0, 0.1) is 19.3 Å². The number of thioether (sulfide) groups is 1. The summed E-state index contributed by atoms with van der Waals surface area (Å²) in [5, 5.41) is 12.3. The van der Waals surface area contributed by atoms with Gasteiger partial charge in [0.25, 0.3) is 0 Å². The van der Waals surface area contributed by atoms with Crippen LogP contribution < -0.4 is 14.8 Å². The zero-order valence-electron chi connectivity index (χ0n) is 17.1. The van der Waals surface area contributed by atoms with Gasteiger partial charge in [-0.05, 0) is 48.9 Å². The quantitative estimate of drug-likeness (QED) is 0.391. The minimum atomic E-state index is -0.185. The van der Waals surface area contributed by atoms with E-state index in [1.165, 1.54) is 11.8 Å². The fourth-order valence-electron chi connectivity index (χ4n) is 2.62. The Morgan fingerprint density at radius 1 is 1.23 bits per heavy atom. The van der Waals surface area contributed by atoms with Crippen molar-refractivity contribution in [1.82, 2.24) is 20.1 Å². The maximum absolute atomic E-state index is 12.0. The van der Waals surface area contributed by atoms with E-state index in [0.717, 1.165) is 17.0 Å². The fraction of sp³-hybridized carbons (Fsp3) is 0.227. The molecule has 0 fully saturated rings. The van der Waals surface area contributed by atoms with Gasteiger partial charge < -0.3 is 14.8 Å². The first-order chi connectivity index (χ1) is 15.0. The highest BCUT2D eigenvalue weighted by Gasteiger charge is 2.17. The molecule has 7 nitrogen and oxygen atoms in total. The molecule has 1 amide bonds. The number of methoxy groups -OCH3 is 1. The molecule has 1 aromatic heterocycles. The van der Waals surface area contributed by atoms with Gasteiger partial charge in [-0.15, -0.1) is 16.6 Å². The lowest BCUT2D eigenvalue weighted by atomic mass is 10.2. The number of carbonyl (C=O) groups is 1. The van der Waals surface area contributed by atoms with E-state index in [1.54, 1.807) is 7.11 Å². The average molecular weight is 457 g/mol. The summed E-state index contributed by atoms with van der Waals surface area (Å²) < 4.78 is 12.9. The van der Waals surface area contributed by atoms with Crippen molar-refractivity contribution in [2.75, 3.05) is 19.4 Å². The molecule has 0 saturated carbocycles. The van der Waals surface area contributed by atoms with Gasteiger partial charge in [0.15, 0.2) is 11.0 Å². The number of aryl methyl sites for hydroxylation is 1. The number of nitrogens with one attached hydrogen (secondary N) is 1. The zero-order valence-corrected chi connectivity index (χ0v) is 18.7. The summed E-state index contributed by atoms with van der Waals surface area (Å²) >= 11 is 7.59. The number of hydrogen-bond donors (Lipinski definition) is 1. The first-order valence-electron chi connectivity index (χ1n) is 9.32. The van der Waals surface area contributed by atoms with E-state index in [4.69, 9.17) is 27.5 Å². The largest absolute Gasteiger partial charge is 0.497 e. The minimum absolute atomic E-state index is 0.152. The normalized spacial score (nSPS) is 10.4. The van der Waals surface area contributed by atoms with Crippen molar-refractivity contribution in [1.29, 1.82) is 0 Å². The predicted octanol–water partition coefficient (Wildman–Crippen LogP) is 3.66. The number of benzene rings is 2. The molecule has 31 heavy (non-hydrogen) atoms. The van der Waals surface area contributed by atoms with Gasteiger partial charge in [0.1, 0.15) is 18.1 Å². The predicted molar refractivity (Wildman–Crippen MR) is 121 cm³/mol. The Hall–Kier alpha value is -3.15. The van der Waals surface area contributed by atoms with E-state index in [1.807, 2.05) is 54.0 Å². The van der Waals surface area contributed by atoms with Crippen LogP contribution in [0.1, 0.15) is 11.4 Å². The smallest absolute Gasteiger partial charge is 0.231 e. The van der Waals surface area contributed by atoms with Gasteiger partial charge in [-0.25, -0.2) is 0 Å². The SMILES string of the molecule is C#CCNC(=O)CSc1nnc(COc2ccc(OC)cc2)n1-c1ccc(C)c(Cl)c1. The average Bonchev–Trinajstić information content (AvgIpc) is 3.19. The molecule has 1 heterocycles. The highest BCUT2D eigenvalue weighted by Crippen LogP contribution is 2.26. The molecule has 0 spiro atoms. The molecule has 3 rings (SSSR count). The number of terminal acetylenes is 1. The summed E-state index contributed by atoms with van der Waals surface area (Å²) in [5.41, 5.74) is 1.73. The third kappa shape index (κ3) is 5.94. The van der Waals surface area contributed by atoms with Crippen molar-refractivity contribution in [3.8, 4) is 29.5 Å². The fourth-order valence-corrected chi connectivity index (χ4v) is 3.59. The molecule has 0 radical (unpaired) electrons. The van der Waals surface area contributed by atoms with Crippen LogP contribution >= 0.6 is 23.4 Å². The maximum Gasteiger partial charge on any atom is 0.231 e. The third-order valence-electron chi connectivity index (χ3n) is 4.26. The van der Waals surface area contributed by atoms with Gasteiger partial charge >= 0.3 is 0 Å². The number of amides is 1.